The van der Waals surface area contributed by atoms with Gasteiger partial charge in [-0.3, -0.25) is 4.79 Å². The monoisotopic (exact) mass is 646 g/mol. The minimum atomic E-state index is 0.0994. The van der Waals surface area contributed by atoms with Gasteiger partial charge in [0.05, 0.1) is 32.1 Å². The highest BCUT2D eigenvalue weighted by atomic mass is 79.9. The van der Waals surface area contributed by atoms with Crippen LogP contribution in [0.2, 0.25) is 0 Å². The molecular weight excluding hydrogens is 632 g/mol. The molecule has 2 aromatic rings. The van der Waals surface area contributed by atoms with Crippen molar-refractivity contribution in [1.82, 2.24) is 0 Å². The number of rotatable bonds is 4. The lowest BCUT2D eigenvalue weighted by molar-refractivity contribution is -0.112. The van der Waals surface area contributed by atoms with Crippen molar-refractivity contribution in [3.05, 3.63) is 64.4 Å². The number of carbonyl (C=O) groups excluding carboxylic acids is 1. The summed E-state index contributed by atoms with van der Waals surface area (Å²) in [5, 5.41) is 0. The molecule has 0 saturated heterocycles. The lowest BCUT2D eigenvalue weighted by atomic mass is 9.87. The van der Waals surface area contributed by atoms with Crippen molar-refractivity contribution in [2.45, 2.75) is 19.3 Å². The predicted molar refractivity (Wildman–Crippen MR) is 132 cm³/mol. The molecule has 0 radical (unpaired) electrons. The normalized spacial score (nSPS) is 17.1. The van der Waals surface area contributed by atoms with Crippen LogP contribution in [0.5, 0.6) is 11.5 Å². The summed E-state index contributed by atoms with van der Waals surface area (Å²) in [5.74, 6) is 1.57. The Morgan fingerprint density at radius 3 is 1.38 bits per heavy atom. The smallest absolute Gasteiger partial charge is 0.185 e. The first-order valence-electron chi connectivity index (χ1n) is 8.86. The van der Waals surface area contributed by atoms with E-state index in [-0.39, 0.29) is 5.78 Å². The second kappa shape index (κ2) is 9.94. The fourth-order valence-electron chi connectivity index (χ4n) is 3.30. The van der Waals surface area contributed by atoms with E-state index in [2.05, 4.69) is 63.7 Å². The molecule has 2 aromatic carbocycles. The molecule has 0 bridgehead atoms. The lowest BCUT2D eigenvalue weighted by Crippen LogP contribution is -2.12. The van der Waals surface area contributed by atoms with E-state index in [1.807, 2.05) is 36.4 Å². The fourth-order valence-corrected chi connectivity index (χ4v) is 6.39. The Morgan fingerprint density at radius 2 is 1.07 bits per heavy atom. The van der Waals surface area contributed by atoms with Gasteiger partial charge in [-0.15, -0.1) is 0 Å². The van der Waals surface area contributed by atoms with Gasteiger partial charge in [0.2, 0.25) is 0 Å². The molecule has 0 unspecified atom stereocenters. The number of ketones is 1. The van der Waals surface area contributed by atoms with Crippen LogP contribution in [0.4, 0.5) is 0 Å². The number of ether oxygens (including phenoxy) is 2. The van der Waals surface area contributed by atoms with Gasteiger partial charge in [0.15, 0.2) is 5.78 Å². The van der Waals surface area contributed by atoms with Gasteiger partial charge < -0.3 is 9.47 Å². The highest BCUT2D eigenvalue weighted by Crippen LogP contribution is 2.37. The van der Waals surface area contributed by atoms with Gasteiger partial charge in [-0.2, -0.15) is 0 Å². The van der Waals surface area contributed by atoms with Gasteiger partial charge in [-0.05, 0) is 131 Å². The largest absolute Gasteiger partial charge is 0.494 e. The number of methoxy groups -OCH3 is 2. The van der Waals surface area contributed by atoms with E-state index in [1.54, 1.807) is 14.2 Å². The molecular formula is C22H18Br4O3. The van der Waals surface area contributed by atoms with Gasteiger partial charge in [0, 0.05) is 11.1 Å². The topological polar surface area (TPSA) is 35.5 Å². The first-order valence-corrected chi connectivity index (χ1v) is 12.0. The molecule has 0 N–H and O–H groups in total. The Hall–Kier alpha value is -0.890. The van der Waals surface area contributed by atoms with Crippen molar-refractivity contribution in [2.75, 3.05) is 14.2 Å². The summed E-state index contributed by atoms with van der Waals surface area (Å²) in [6.45, 7) is 0. The molecule has 29 heavy (non-hydrogen) atoms. The maximum absolute atomic E-state index is 13.1. The molecule has 0 spiro atoms. The molecule has 1 fully saturated rings. The van der Waals surface area contributed by atoms with Crippen LogP contribution in [0.1, 0.15) is 30.4 Å². The third-order valence-corrected chi connectivity index (χ3v) is 6.96. The number of Topliss-reactive ketones (excluding diaryl/α,β-unsaturated/α-hetero) is 1. The van der Waals surface area contributed by atoms with E-state index in [0.717, 1.165) is 70.9 Å². The maximum Gasteiger partial charge on any atom is 0.185 e. The Labute approximate surface area is 204 Å². The van der Waals surface area contributed by atoms with Crippen LogP contribution in [0.3, 0.4) is 0 Å². The van der Waals surface area contributed by atoms with Crippen LogP contribution in [0.25, 0.3) is 12.2 Å². The zero-order valence-electron chi connectivity index (χ0n) is 15.8. The van der Waals surface area contributed by atoms with Crippen molar-refractivity contribution in [3.63, 3.8) is 0 Å². The average Bonchev–Trinajstić information content (AvgIpc) is 2.64. The number of halogens is 4. The van der Waals surface area contributed by atoms with Gasteiger partial charge in [-0.1, -0.05) is 0 Å². The molecule has 0 atom stereocenters. The van der Waals surface area contributed by atoms with E-state index >= 15 is 0 Å². The summed E-state index contributed by atoms with van der Waals surface area (Å²) in [7, 11) is 3.25. The first-order chi connectivity index (χ1) is 13.8. The molecule has 3 nitrogen and oxygen atoms in total. The zero-order chi connectivity index (χ0) is 21.1. The molecule has 1 aliphatic carbocycles. The number of allylic oxidation sites excluding steroid dienone is 2. The predicted octanol–water partition coefficient (Wildman–Crippen LogP) is 7.97. The van der Waals surface area contributed by atoms with Crippen molar-refractivity contribution in [2.24, 2.45) is 0 Å². The molecule has 0 heterocycles. The molecule has 0 aliphatic heterocycles. The van der Waals surface area contributed by atoms with Crippen molar-refractivity contribution >= 4 is 81.7 Å². The van der Waals surface area contributed by atoms with Crippen LogP contribution in [-0.4, -0.2) is 20.0 Å². The van der Waals surface area contributed by atoms with Crippen LogP contribution < -0.4 is 9.47 Å². The maximum atomic E-state index is 13.1. The average molecular weight is 650 g/mol. The van der Waals surface area contributed by atoms with E-state index in [9.17, 15) is 4.79 Å². The number of hydrogen-bond acceptors (Lipinski definition) is 3. The van der Waals surface area contributed by atoms with Crippen LogP contribution in [-0.2, 0) is 4.79 Å². The number of hydrogen-bond donors (Lipinski definition) is 0. The van der Waals surface area contributed by atoms with Crippen molar-refractivity contribution in [3.8, 4) is 11.5 Å². The molecule has 0 amide bonds. The van der Waals surface area contributed by atoms with Gasteiger partial charge in [0.25, 0.3) is 0 Å². The van der Waals surface area contributed by atoms with E-state index in [1.165, 1.54) is 0 Å². The van der Waals surface area contributed by atoms with Gasteiger partial charge in [0.1, 0.15) is 11.5 Å². The highest BCUT2D eigenvalue weighted by Gasteiger charge is 2.21. The molecule has 0 aromatic heterocycles. The SMILES string of the molecule is COc1c(Br)cc(/C=C2/CCC/C(=C\c3cc(Br)c(OC)c(Br)c3)C2=O)cc1Br. The minimum absolute atomic E-state index is 0.0994. The summed E-state index contributed by atoms with van der Waals surface area (Å²) in [6, 6.07) is 7.83. The van der Waals surface area contributed by atoms with Crippen LogP contribution in [0, 0.1) is 0 Å². The van der Waals surface area contributed by atoms with Crippen molar-refractivity contribution < 1.29 is 14.3 Å². The Kier molecular flexibility index (Phi) is 7.81. The van der Waals surface area contributed by atoms with Crippen LogP contribution in [0.15, 0.2) is 53.3 Å². The molecule has 3 rings (SSSR count). The van der Waals surface area contributed by atoms with Gasteiger partial charge >= 0.3 is 0 Å². The Morgan fingerprint density at radius 1 is 0.724 bits per heavy atom. The zero-order valence-corrected chi connectivity index (χ0v) is 22.2. The Balaban J connectivity index is 1.93. The molecule has 1 aliphatic rings. The van der Waals surface area contributed by atoms with E-state index < -0.39 is 0 Å². The summed E-state index contributed by atoms with van der Waals surface area (Å²) in [4.78, 5) is 13.1. The first kappa shape index (κ1) is 22.8. The third kappa shape index (κ3) is 5.24. The second-order valence-corrected chi connectivity index (χ2v) is 9.97. The van der Waals surface area contributed by atoms with E-state index in [0.29, 0.717) is 0 Å². The molecule has 152 valence electrons. The minimum Gasteiger partial charge on any atom is -0.494 e. The highest BCUT2D eigenvalue weighted by molar-refractivity contribution is 9.11. The summed E-state index contributed by atoms with van der Waals surface area (Å²) in [5.41, 5.74) is 3.53. The number of carbonyl (C=O) groups is 1. The Bertz CT molecular complexity index is 899. The third-order valence-electron chi connectivity index (χ3n) is 4.61. The quantitative estimate of drug-likeness (QED) is 0.315. The van der Waals surface area contributed by atoms with Crippen LogP contribution >= 0.6 is 63.7 Å². The summed E-state index contributed by atoms with van der Waals surface area (Å²) < 4.78 is 14.1. The summed E-state index contributed by atoms with van der Waals surface area (Å²) >= 11 is 14.1. The second-order valence-electron chi connectivity index (χ2n) is 6.56. The van der Waals surface area contributed by atoms with Gasteiger partial charge in [-0.25, -0.2) is 0 Å². The van der Waals surface area contributed by atoms with E-state index in [4.69, 9.17) is 9.47 Å². The standard InChI is InChI=1S/C22H18Br4O3/c1-28-21-16(23)8-12(9-17(21)24)6-14-4-3-5-15(20(14)27)7-13-10-18(25)22(29-2)19(26)11-13/h6-11H,3-5H2,1-2H3/b14-6-,15-7+. The molecule has 7 heteroatoms. The number of benzene rings is 2. The summed E-state index contributed by atoms with van der Waals surface area (Å²) in [6.07, 6.45) is 6.41. The van der Waals surface area contributed by atoms with Crippen molar-refractivity contribution in [1.29, 1.82) is 0 Å². The fraction of sp³-hybridized carbons (Fsp3) is 0.227. The molecule has 1 saturated carbocycles. The lowest BCUT2D eigenvalue weighted by Gasteiger charge is -2.17.